The lowest BCUT2D eigenvalue weighted by molar-refractivity contribution is -0.143. The highest BCUT2D eigenvalue weighted by atomic mass is 16.4. The van der Waals surface area contributed by atoms with Crippen LogP contribution in [-0.4, -0.2) is 36.1 Å². The Morgan fingerprint density at radius 2 is 2.27 bits per heavy atom. The molecule has 22 heavy (non-hydrogen) atoms. The summed E-state index contributed by atoms with van der Waals surface area (Å²) in [5.41, 5.74) is 4.10. The number of hydrogen-bond donors (Lipinski definition) is 2. The minimum atomic E-state index is -0.701. The second kappa shape index (κ2) is 6.16. The summed E-state index contributed by atoms with van der Waals surface area (Å²) in [4.78, 5) is 20.6. The smallest absolute Gasteiger partial charge is 0.307 e. The molecule has 2 N–H and O–H groups in total. The molecule has 1 fully saturated rings. The average molecular weight is 301 g/mol. The largest absolute Gasteiger partial charge is 0.481 e. The maximum absolute atomic E-state index is 11.7. The second-order valence-electron chi connectivity index (χ2n) is 6.75. The molecule has 0 amide bonds. The Kier molecular flexibility index (Phi) is 4.25. The van der Waals surface area contributed by atoms with E-state index >= 15 is 0 Å². The number of carbonyl (C=O) groups is 1. The van der Waals surface area contributed by atoms with Crippen LogP contribution in [0.2, 0.25) is 0 Å². The molecule has 0 radical (unpaired) electrons. The predicted octanol–water partition coefficient (Wildman–Crippen LogP) is 2.41. The lowest BCUT2D eigenvalue weighted by atomic mass is 9.83. The summed E-state index contributed by atoms with van der Waals surface area (Å²) in [6.45, 7) is 6.05. The Morgan fingerprint density at radius 1 is 1.45 bits per heavy atom. The van der Waals surface area contributed by atoms with E-state index in [1.807, 2.05) is 12.4 Å². The minimum Gasteiger partial charge on any atom is -0.481 e. The number of nitrogens with one attached hydrogen (secondary N) is 1. The predicted molar refractivity (Wildman–Crippen MR) is 87.2 cm³/mol. The molecule has 118 valence electrons. The molecule has 3 aliphatic heterocycles. The highest BCUT2D eigenvalue weighted by Crippen LogP contribution is 2.36. The minimum absolute atomic E-state index is 0.207. The lowest BCUT2D eigenvalue weighted by Crippen LogP contribution is -2.26. The summed E-state index contributed by atoms with van der Waals surface area (Å²) in [6, 6.07) is 0. The zero-order chi connectivity index (χ0) is 15.7. The number of carboxylic acids is 1. The van der Waals surface area contributed by atoms with Crippen LogP contribution in [0.15, 0.2) is 33.0 Å². The molecule has 0 aliphatic carbocycles. The van der Waals surface area contributed by atoms with Crippen LogP contribution in [-0.2, 0) is 4.79 Å². The molecule has 5 nitrogen and oxygen atoms in total. The Hall–Kier alpha value is -1.75. The summed E-state index contributed by atoms with van der Waals surface area (Å²) in [6.07, 6.45) is 6.05. The quantitative estimate of drug-likeness (QED) is 0.791. The van der Waals surface area contributed by atoms with Crippen molar-refractivity contribution in [3.8, 4) is 0 Å². The molecule has 5 heteroatoms. The van der Waals surface area contributed by atoms with E-state index in [0.29, 0.717) is 12.3 Å². The number of carboxylic acid groups (broad SMARTS) is 1. The van der Waals surface area contributed by atoms with Gasteiger partial charge in [0.05, 0.1) is 23.5 Å². The van der Waals surface area contributed by atoms with Gasteiger partial charge in [-0.25, -0.2) is 0 Å². The van der Waals surface area contributed by atoms with Gasteiger partial charge in [-0.05, 0) is 49.8 Å². The fraction of sp³-hybridized carbons (Fsp3) is 0.588. The van der Waals surface area contributed by atoms with Gasteiger partial charge in [-0.3, -0.25) is 14.8 Å². The summed E-state index contributed by atoms with van der Waals surface area (Å²) >= 11 is 0. The first-order valence-electron chi connectivity index (χ1n) is 8.04. The van der Waals surface area contributed by atoms with Crippen LogP contribution in [0, 0.1) is 17.8 Å². The summed E-state index contributed by atoms with van der Waals surface area (Å²) in [7, 11) is 0. The molecule has 0 bridgehead atoms. The van der Waals surface area contributed by atoms with E-state index in [-0.39, 0.29) is 11.8 Å². The Labute approximate surface area is 130 Å². The fourth-order valence-corrected chi connectivity index (χ4v) is 3.48. The van der Waals surface area contributed by atoms with Crippen LogP contribution in [0.25, 0.3) is 0 Å². The van der Waals surface area contributed by atoms with Crippen LogP contribution >= 0.6 is 0 Å². The molecule has 0 saturated carbocycles. The number of allylic oxidation sites excluding steroid dienone is 3. The molecule has 0 unspecified atom stereocenters. The molecule has 1 saturated heterocycles. The molecule has 0 aromatic heterocycles. The first kappa shape index (κ1) is 15.2. The normalized spacial score (nSPS) is 24.8. The van der Waals surface area contributed by atoms with E-state index in [4.69, 9.17) is 0 Å². The van der Waals surface area contributed by atoms with Crippen LogP contribution in [0.1, 0.15) is 33.1 Å². The van der Waals surface area contributed by atoms with Gasteiger partial charge in [0.25, 0.3) is 0 Å². The monoisotopic (exact) mass is 301 g/mol. The van der Waals surface area contributed by atoms with Gasteiger partial charge in [-0.2, -0.15) is 0 Å². The Morgan fingerprint density at radius 3 is 2.91 bits per heavy atom. The SMILES string of the molecule is CC(C)CC1=C2C(C[C@H](C(=O)O)[C@H]3CCNC3)=CN=C2C=N1. The lowest BCUT2D eigenvalue weighted by Gasteiger charge is -2.20. The van der Waals surface area contributed by atoms with Gasteiger partial charge in [0.15, 0.2) is 0 Å². The third kappa shape index (κ3) is 2.90. The van der Waals surface area contributed by atoms with Crippen molar-refractivity contribution >= 4 is 17.9 Å². The molecule has 0 aromatic rings. The van der Waals surface area contributed by atoms with E-state index in [2.05, 4.69) is 29.1 Å². The van der Waals surface area contributed by atoms with Crippen molar-refractivity contribution in [1.82, 2.24) is 5.32 Å². The zero-order valence-electron chi connectivity index (χ0n) is 13.2. The van der Waals surface area contributed by atoms with Crippen molar-refractivity contribution in [2.45, 2.75) is 33.1 Å². The molecule has 3 aliphatic rings. The molecule has 2 atom stereocenters. The van der Waals surface area contributed by atoms with Crippen molar-refractivity contribution in [2.75, 3.05) is 13.1 Å². The van der Waals surface area contributed by atoms with Crippen molar-refractivity contribution < 1.29 is 9.90 Å². The van der Waals surface area contributed by atoms with Crippen molar-refractivity contribution in [1.29, 1.82) is 0 Å². The molecular formula is C17H23N3O2. The van der Waals surface area contributed by atoms with Crippen molar-refractivity contribution in [2.24, 2.45) is 27.7 Å². The van der Waals surface area contributed by atoms with E-state index in [1.54, 1.807) is 0 Å². The Balaban J connectivity index is 1.78. The summed E-state index contributed by atoms with van der Waals surface area (Å²) in [5.74, 6) is -0.314. The topological polar surface area (TPSA) is 74.0 Å². The molecule has 0 spiro atoms. The summed E-state index contributed by atoms with van der Waals surface area (Å²) < 4.78 is 0. The highest BCUT2D eigenvalue weighted by molar-refractivity contribution is 6.42. The number of hydrogen-bond acceptors (Lipinski definition) is 4. The van der Waals surface area contributed by atoms with Crippen LogP contribution in [0.5, 0.6) is 0 Å². The third-order valence-electron chi connectivity index (χ3n) is 4.59. The molecular weight excluding hydrogens is 278 g/mol. The van der Waals surface area contributed by atoms with Crippen LogP contribution in [0.4, 0.5) is 0 Å². The Bertz CT molecular complexity index is 593. The third-order valence-corrected chi connectivity index (χ3v) is 4.59. The van der Waals surface area contributed by atoms with Crippen molar-refractivity contribution in [3.05, 3.63) is 23.0 Å². The number of aliphatic carboxylic acids is 1. The fourth-order valence-electron chi connectivity index (χ4n) is 3.48. The van der Waals surface area contributed by atoms with Crippen LogP contribution in [0.3, 0.4) is 0 Å². The van der Waals surface area contributed by atoms with E-state index in [0.717, 1.165) is 48.5 Å². The van der Waals surface area contributed by atoms with Gasteiger partial charge < -0.3 is 10.4 Å². The first-order valence-corrected chi connectivity index (χ1v) is 8.04. The van der Waals surface area contributed by atoms with Gasteiger partial charge >= 0.3 is 5.97 Å². The van der Waals surface area contributed by atoms with Gasteiger partial charge in [0, 0.05) is 11.8 Å². The van der Waals surface area contributed by atoms with Gasteiger partial charge in [0.1, 0.15) is 0 Å². The average Bonchev–Trinajstić information content (AvgIpc) is 3.14. The molecule has 0 aromatic carbocycles. The van der Waals surface area contributed by atoms with E-state index < -0.39 is 5.97 Å². The molecule has 3 rings (SSSR count). The van der Waals surface area contributed by atoms with Gasteiger partial charge in [0.2, 0.25) is 0 Å². The molecule has 3 heterocycles. The van der Waals surface area contributed by atoms with Gasteiger partial charge in [-0.15, -0.1) is 0 Å². The number of rotatable bonds is 6. The zero-order valence-corrected chi connectivity index (χ0v) is 13.2. The summed E-state index contributed by atoms with van der Waals surface area (Å²) in [5, 5.41) is 12.9. The number of fused-ring (bicyclic) bond motifs is 1. The maximum Gasteiger partial charge on any atom is 0.307 e. The van der Waals surface area contributed by atoms with Crippen molar-refractivity contribution in [3.63, 3.8) is 0 Å². The number of nitrogens with zero attached hydrogens (tertiary/aromatic N) is 2. The van der Waals surface area contributed by atoms with E-state index in [1.165, 1.54) is 0 Å². The second-order valence-corrected chi connectivity index (χ2v) is 6.75. The van der Waals surface area contributed by atoms with E-state index in [9.17, 15) is 9.90 Å². The first-order chi connectivity index (χ1) is 10.6. The van der Waals surface area contributed by atoms with Gasteiger partial charge in [-0.1, -0.05) is 13.8 Å². The highest BCUT2D eigenvalue weighted by Gasteiger charge is 2.34. The van der Waals surface area contributed by atoms with Crippen LogP contribution < -0.4 is 5.32 Å². The standard InChI is InChI=1S/C17H23N3O2/c1-10(2)5-14-16-12(8-19-15(16)9-20-14)6-13(17(21)22)11-3-4-18-7-11/h8-11,13,18H,3-7H2,1-2H3,(H,21,22)/t11-,13-/m0/s1. The number of aliphatic imine (C=N–C) groups is 2. The maximum atomic E-state index is 11.7.